The summed E-state index contributed by atoms with van der Waals surface area (Å²) in [7, 11) is 1.72. The first-order valence-electron chi connectivity index (χ1n) is 11.5. The highest BCUT2D eigenvalue weighted by atomic mass is 16.5. The van der Waals surface area contributed by atoms with Crippen molar-refractivity contribution in [3.63, 3.8) is 0 Å². The number of hydrogen-bond acceptors (Lipinski definition) is 8. The van der Waals surface area contributed by atoms with Crippen molar-refractivity contribution in [1.82, 2.24) is 30.3 Å². The van der Waals surface area contributed by atoms with Crippen LogP contribution in [0.3, 0.4) is 0 Å². The molecule has 0 radical (unpaired) electrons. The predicted molar refractivity (Wildman–Crippen MR) is 124 cm³/mol. The van der Waals surface area contributed by atoms with E-state index in [1.54, 1.807) is 24.9 Å². The van der Waals surface area contributed by atoms with Crippen molar-refractivity contribution in [2.24, 2.45) is 13.0 Å². The molecule has 1 saturated carbocycles. The number of ether oxygens (including phenoxy) is 2. The van der Waals surface area contributed by atoms with Crippen molar-refractivity contribution in [1.29, 1.82) is 0 Å². The molecule has 1 amide bonds. The first-order valence-corrected chi connectivity index (χ1v) is 11.5. The molecule has 11 nitrogen and oxygen atoms in total. The molecular formula is C24H28N6O5. The fourth-order valence-electron chi connectivity index (χ4n) is 4.04. The zero-order chi connectivity index (χ0) is 24.8. The zero-order valence-corrected chi connectivity index (χ0v) is 19.7. The van der Waals surface area contributed by atoms with E-state index in [2.05, 4.69) is 25.6 Å². The fourth-order valence-corrected chi connectivity index (χ4v) is 4.04. The Balaban J connectivity index is 1.39. The standard InChI is InChI=1S/C24H28N6O5/c1-15-22(35-18-10-6-9-17(11-18)23(31)32)25-12-19(27-15)21-20(30(2)29-28-21)13-26-24(33)34-14-16-7-4-3-5-8-16/h3-5,7-8,12,17-18H,6,9-11,13-14H2,1-2H3,(H,26,33)(H,31,32)/t17-,18-/m0/s1. The molecule has 2 aromatic heterocycles. The normalized spacial score (nSPS) is 17.5. The number of amides is 1. The predicted octanol–water partition coefficient (Wildman–Crippen LogP) is 3.03. The van der Waals surface area contributed by atoms with Crippen LogP contribution >= 0.6 is 0 Å². The molecule has 2 heterocycles. The van der Waals surface area contributed by atoms with Crippen LogP contribution in [0.5, 0.6) is 5.88 Å². The minimum Gasteiger partial charge on any atom is -0.481 e. The van der Waals surface area contributed by atoms with Crippen molar-refractivity contribution < 1.29 is 24.2 Å². The van der Waals surface area contributed by atoms with Gasteiger partial charge >= 0.3 is 12.1 Å². The largest absolute Gasteiger partial charge is 0.481 e. The van der Waals surface area contributed by atoms with Gasteiger partial charge in [0.25, 0.3) is 0 Å². The van der Waals surface area contributed by atoms with Crippen LogP contribution in [0.1, 0.15) is 42.6 Å². The number of aryl methyl sites for hydroxylation is 2. The van der Waals surface area contributed by atoms with E-state index in [1.807, 2.05) is 30.3 Å². The molecule has 2 atom stereocenters. The lowest BCUT2D eigenvalue weighted by Crippen LogP contribution is -2.30. The van der Waals surface area contributed by atoms with Crippen LogP contribution in [0.15, 0.2) is 36.5 Å². The maximum atomic E-state index is 12.2. The SMILES string of the molecule is Cc1nc(-c2nnn(C)c2CNC(=O)OCc2ccccc2)cnc1O[C@H]1CCC[C@H](C(=O)O)C1. The van der Waals surface area contributed by atoms with Gasteiger partial charge in [0.2, 0.25) is 5.88 Å². The van der Waals surface area contributed by atoms with Crippen LogP contribution in [-0.4, -0.2) is 48.2 Å². The highest BCUT2D eigenvalue weighted by molar-refractivity contribution is 5.70. The fraction of sp³-hybridized carbons (Fsp3) is 0.417. The molecule has 0 spiro atoms. The molecule has 4 rings (SSSR count). The minimum absolute atomic E-state index is 0.143. The lowest BCUT2D eigenvalue weighted by Gasteiger charge is -2.27. The molecule has 184 valence electrons. The summed E-state index contributed by atoms with van der Waals surface area (Å²) in [6, 6.07) is 9.42. The zero-order valence-electron chi connectivity index (χ0n) is 19.7. The molecular weight excluding hydrogens is 452 g/mol. The molecule has 1 aliphatic rings. The van der Waals surface area contributed by atoms with E-state index in [1.165, 1.54) is 0 Å². The number of carbonyl (C=O) groups is 2. The number of carbonyl (C=O) groups excluding carboxylic acids is 1. The summed E-state index contributed by atoms with van der Waals surface area (Å²) in [5.41, 5.74) is 3.07. The molecule has 1 aliphatic carbocycles. The van der Waals surface area contributed by atoms with Crippen molar-refractivity contribution in [2.45, 2.75) is 51.9 Å². The monoisotopic (exact) mass is 480 g/mol. The van der Waals surface area contributed by atoms with Crippen molar-refractivity contribution in [3.05, 3.63) is 53.5 Å². The van der Waals surface area contributed by atoms with Crippen LogP contribution in [0.2, 0.25) is 0 Å². The van der Waals surface area contributed by atoms with Gasteiger partial charge in [0, 0.05) is 7.05 Å². The molecule has 1 aromatic carbocycles. The Kier molecular flexibility index (Phi) is 7.54. The number of nitrogens with one attached hydrogen (secondary N) is 1. The Hall–Kier alpha value is -4.02. The Morgan fingerprint density at radius 2 is 2.03 bits per heavy atom. The van der Waals surface area contributed by atoms with Crippen LogP contribution in [-0.2, 0) is 29.7 Å². The summed E-state index contributed by atoms with van der Waals surface area (Å²) in [6.45, 7) is 2.09. The van der Waals surface area contributed by atoms with Gasteiger partial charge in [-0.3, -0.25) is 4.79 Å². The van der Waals surface area contributed by atoms with E-state index in [9.17, 15) is 14.7 Å². The lowest BCUT2D eigenvalue weighted by molar-refractivity contribution is -0.143. The molecule has 0 unspecified atom stereocenters. The van der Waals surface area contributed by atoms with Gasteiger partial charge in [-0.15, -0.1) is 5.10 Å². The average Bonchev–Trinajstić information content (AvgIpc) is 3.23. The number of benzene rings is 1. The number of carboxylic acid groups (broad SMARTS) is 1. The van der Waals surface area contributed by atoms with Crippen molar-refractivity contribution in [3.8, 4) is 17.3 Å². The van der Waals surface area contributed by atoms with Crippen LogP contribution in [0.4, 0.5) is 4.79 Å². The summed E-state index contributed by atoms with van der Waals surface area (Å²) in [5.74, 6) is -0.808. The summed E-state index contributed by atoms with van der Waals surface area (Å²) in [4.78, 5) is 32.5. The Bertz CT molecular complexity index is 1180. The van der Waals surface area contributed by atoms with E-state index in [4.69, 9.17) is 9.47 Å². The van der Waals surface area contributed by atoms with Crippen LogP contribution in [0, 0.1) is 12.8 Å². The minimum atomic E-state index is -0.788. The van der Waals surface area contributed by atoms with Crippen molar-refractivity contribution in [2.75, 3.05) is 0 Å². The summed E-state index contributed by atoms with van der Waals surface area (Å²) < 4.78 is 12.8. The summed E-state index contributed by atoms with van der Waals surface area (Å²) >= 11 is 0. The molecule has 35 heavy (non-hydrogen) atoms. The summed E-state index contributed by atoms with van der Waals surface area (Å²) in [6.07, 6.45) is 3.49. The quantitative estimate of drug-likeness (QED) is 0.497. The second-order valence-electron chi connectivity index (χ2n) is 8.51. The van der Waals surface area contributed by atoms with Gasteiger partial charge < -0.3 is 19.9 Å². The molecule has 1 fully saturated rings. The number of aliphatic carboxylic acids is 1. The van der Waals surface area contributed by atoms with Gasteiger partial charge in [0.05, 0.1) is 24.4 Å². The number of aromatic nitrogens is 5. The third kappa shape index (κ3) is 6.11. The van der Waals surface area contributed by atoms with Gasteiger partial charge in [0.15, 0.2) is 0 Å². The van der Waals surface area contributed by atoms with Gasteiger partial charge in [-0.05, 0) is 38.2 Å². The van der Waals surface area contributed by atoms with E-state index in [0.717, 1.165) is 18.4 Å². The molecule has 0 bridgehead atoms. The Morgan fingerprint density at radius 3 is 2.77 bits per heavy atom. The maximum absolute atomic E-state index is 12.2. The first-order chi connectivity index (χ1) is 16.9. The Labute approximate surface area is 202 Å². The maximum Gasteiger partial charge on any atom is 0.407 e. The van der Waals surface area contributed by atoms with Gasteiger partial charge in [-0.2, -0.15) is 0 Å². The molecule has 2 N–H and O–H groups in total. The van der Waals surface area contributed by atoms with E-state index < -0.39 is 18.0 Å². The van der Waals surface area contributed by atoms with Crippen LogP contribution in [0.25, 0.3) is 11.4 Å². The third-order valence-electron chi connectivity index (χ3n) is 5.95. The topological polar surface area (TPSA) is 141 Å². The van der Waals surface area contributed by atoms with Gasteiger partial charge in [0.1, 0.15) is 29.8 Å². The molecule has 3 aromatic rings. The first kappa shape index (κ1) is 24.1. The van der Waals surface area contributed by atoms with Gasteiger partial charge in [-0.1, -0.05) is 35.5 Å². The second-order valence-corrected chi connectivity index (χ2v) is 8.51. The number of hydrogen-bond donors (Lipinski definition) is 2. The smallest absolute Gasteiger partial charge is 0.407 e. The van der Waals surface area contributed by atoms with Crippen molar-refractivity contribution >= 4 is 12.1 Å². The molecule has 0 aliphatic heterocycles. The van der Waals surface area contributed by atoms with Gasteiger partial charge in [-0.25, -0.2) is 19.4 Å². The summed E-state index contributed by atoms with van der Waals surface area (Å²) in [5, 5.41) is 20.3. The average molecular weight is 481 g/mol. The van der Waals surface area contributed by atoms with E-state index in [-0.39, 0.29) is 19.3 Å². The van der Waals surface area contributed by atoms with E-state index >= 15 is 0 Å². The number of carboxylic acids is 1. The second kappa shape index (κ2) is 10.9. The lowest BCUT2D eigenvalue weighted by atomic mass is 9.87. The molecule has 0 saturated heterocycles. The van der Waals surface area contributed by atoms with E-state index in [0.29, 0.717) is 41.5 Å². The highest BCUT2D eigenvalue weighted by Gasteiger charge is 2.29. The third-order valence-corrected chi connectivity index (χ3v) is 5.95. The molecule has 11 heteroatoms. The van der Waals surface area contributed by atoms with Crippen LogP contribution < -0.4 is 10.1 Å². The number of rotatable bonds is 8. The number of nitrogens with zero attached hydrogens (tertiary/aromatic N) is 5. The Morgan fingerprint density at radius 1 is 1.23 bits per heavy atom. The number of alkyl carbamates (subject to hydrolysis) is 1. The highest BCUT2D eigenvalue weighted by Crippen LogP contribution is 2.29.